The van der Waals surface area contributed by atoms with Crippen molar-refractivity contribution >= 4 is 25.7 Å². The Morgan fingerprint density at radius 3 is 2.68 bits per heavy atom. The normalized spacial score (nSPS) is 24.5. The summed E-state index contributed by atoms with van der Waals surface area (Å²) < 4.78 is 8.26. The van der Waals surface area contributed by atoms with Crippen LogP contribution in [0, 0.1) is 0 Å². The fraction of sp³-hybridized carbons (Fsp3) is 0.733. The average Bonchev–Trinajstić information content (AvgIpc) is 2.85. The molecule has 5 nitrogen and oxygen atoms in total. The zero-order valence-electron chi connectivity index (χ0n) is 13.9. The van der Waals surface area contributed by atoms with Gasteiger partial charge >= 0.3 is 5.69 Å². The van der Waals surface area contributed by atoms with E-state index in [-0.39, 0.29) is 22.0 Å². The van der Waals surface area contributed by atoms with Gasteiger partial charge in [-0.2, -0.15) is 4.98 Å². The third kappa shape index (κ3) is 2.61. The van der Waals surface area contributed by atoms with Crippen LogP contribution >= 0.6 is 11.6 Å². The summed E-state index contributed by atoms with van der Waals surface area (Å²) in [4.78, 5) is 18.0. The lowest BCUT2D eigenvalue weighted by Gasteiger charge is -2.38. The largest absolute Gasteiger partial charge is 0.412 e. The molecule has 122 valence electrons. The zero-order valence-corrected chi connectivity index (χ0v) is 15.6. The van der Waals surface area contributed by atoms with Gasteiger partial charge in [-0.3, -0.25) is 4.57 Å². The first-order valence-electron chi connectivity index (χ1n) is 7.80. The first-order chi connectivity index (χ1) is 10.1. The quantitative estimate of drug-likeness (QED) is 0.613. The van der Waals surface area contributed by atoms with E-state index in [0.717, 1.165) is 18.8 Å². The van der Waals surface area contributed by atoms with Gasteiger partial charge in [-0.05, 0) is 24.6 Å². The van der Waals surface area contributed by atoms with Crippen molar-refractivity contribution in [1.82, 2.24) is 9.55 Å². The highest BCUT2D eigenvalue weighted by molar-refractivity contribution is 6.74. The molecule has 1 saturated heterocycles. The zero-order chi connectivity index (χ0) is 16.3. The summed E-state index contributed by atoms with van der Waals surface area (Å²) >= 11 is 5.95. The molecule has 2 unspecified atom stereocenters. The number of fused-ring (bicyclic) bond motifs is 3. The Hall–Kier alpha value is -0.853. The van der Waals surface area contributed by atoms with E-state index < -0.39 is 8.32 Å². The highest BCUT2D eigenvalue weighted by Crippen LogP contribution is 2.40. The standard InChI is InChI=1S/C15H24ClN3O2Si/c1-15(2,3)22(4,5)21-11-6-10-8-19-13(18(10)9-11)7-12(16)17-14(19)20/h7,10-11H,6,8-9H2,1-5H3. The van der Waals surface area contributed by atoms with Gasteiger partial charge in [-0.25, -0.2) is 4.79 Å². The molecule has 1 aromatic rings. The molecule has 2 aliphatic rings. The smallest absolute Gasteiger partial charge is 0.350 e. The van der Waals surface area contributed by atoms with Gasteiger partial charge in [-0.15, -0.1) is 0 Å². The Labute approximate surface area is 137 Å². The Balaban J connectivity index is 1.79. The van der Waals surface area contributed by atoms with E-state index in [0.29, 0.717) is 12.6 Å². The summed E-state index contributed by atoms with van der Waals surface area (Å²) in [5.74, 6) is 0.885. The minimum atomic E-state index is -1.76. The maximum Gasteiger partial charge on any atom is 0.350 e. The van der Waals surface area contributed by atoms with E-state index in [4.69, 9.17) is 16.0 Å². The topological polar surface area (TPSA) is 47.4 Å². The summed E-state index contributed by atoms with van der Waals surface area (Å²) in [6, 6.07) is 2.11. The van der Waals surface area contributed by atoms with Crippen LogP contribution in [0.1, 0.15) is 27.2 Å². The predicted octanol–water partition coefficient (Wildman–Crippen LogP) is 2.88. The van der Waals surface area contributed by atoms with Crippen molar-refractivity contribution in [2.24, 2.45) is 0 Å². The molecular formula is C15H24ClN3O2Si. The van der Waals surface area contributed by atoms with Crippen LogP contribution in [0.4, 0.5) is 5.82 Å². The summed E-state index contributed by atoms with van der Waals surface area (Å²) in [6.07, 6.45) is 1.20. The van der Waals surface area contributed by atoms with Crippen LogP contribution in [-0.4, -0.2) is 36.6 Å². The minimum absolute atomic E-state index is 0.210. The van der Waals surface area contributed by atoms with Gasteiger partial charge in [0, 0.05) is 19.2 Å². The summed E-state index contributed by atoms with van der Waals surface area (Å²) in [5, 5.41) is 0.480. The van der Waals surface area contributed by atoms with Crippen LogP contribution in [0.2, 0.25) is 23.3 Å². The molecule has 0 N–H and O–H groups in total. The first-order valence-corrected chi connectivity index (χ1v) is 11.1. The lowest BCUT2D eigenvalue weighted by Crippen LogP contribution is -2.44. The molecule has 1 fully saturated rings. The lowest BCUT2D eigenvalue weighted by atomic mass is 10.2. The SMILES string of the molecule is CC(C)(C)[Si](C)(C)OC1CC2Cn3c(cc(Cl)nc3=O)N2C1. The first kappa shape index (κ1) is 16.0. The third-order valence-electron chi connectivity index (χ3n) is 5.29. The van der Waals surface area contributed by atoms with Crippen molar-refractivity contribution in [2.45, 2.75) is 64.0 Å². The number of halogens is 1. The van der Waals surface area contributed by atoms with E-state index in [1.165, 1.54) is 0 Å². The van der Waals surface area contributed by atoms with Crippen molar-refractivity contribution in [3.8, 4) is 0 Å². The molecule has 0 spiro atoms. The second kappa shape index (κ2) is 5.08. The molecule has 0 aliphatic carbocycles. The summed E-state index contributed by atoms with van der Waals surface area (Å²) in [7, 11) is -1.76. The van der Waals surface area contributed by atoms with E-state index >= 15 is 0 Å². The van der Waals surface area contributed by atoms with Gasteiger partial charge in [0.1, 0.15) is 11.0 Å². The van der Waals surface area contributed by atoms with E-state index in [2.05, 4.69) is 43.7 Å². The number of hydrogen-bond acceptors (Lipinski definition) is 4. The van der Waals surface area contributed by atoms with Crippen molar-refractivity contribution < 1.29 is 4.43 Å². The van der Waals surface area contributed by atoms with Crippen molar-refractivity contribution in [1.29, 1.82) is 0 Å². The molecule has 2 aliphatic heterocycles. The second-order valence-electron chi connectivity index (χ2n) is 7.87. The minimum Gasteiger partial charge on any atom is -0.412 e. The van der Waals surface area contributed by atoms with Crippen LogP contribution in [0.15, 0.2) is 10.9 Å². The number of rotatable bonds is 2. The summed E-state index contributed by atoms with van der Waals surface area (Å²) in [5.41, 5.74) is -0.251. The van der Waals surface area contributed by atoms with E-state index in [1.807, 2.05) is 0 Å². The van der Waals surface area contributed by atoms with Crippen molar-refractivity contribution in [3.63, 3.8) is 0 Å². The number of anilines is 1. The maximum absolute atomic E-state index is 11.9. The Morgan fingerprint density at radius 2 is 2.05 bits per heavy atom. The molecule has 0 bridgehead atoms. The second-order valence-corrected chi connectivity index (χ2v) is 13.0. The highest BCUT2D eigenvalue weighted by Gasteiger charge is 2.45. The molecule has 1 aromatic heterocycles. The van der Waals surface area contributed by atoms with Crippen LogP contribution in [-0.2, 0) is 11.0 Å². The van der Waals surface area contributed by atoms with Crippen LogP contribution in [0.5, 0.6) is 0 Å². The molecule has 2 atom stereocenters. The van der Waals surface area contributed by atoms with E-state index in [1.54, 1.807) is 10.6 Å². The molecule has 3 rings (SSSR count). The number of hydrogen-bond donors (Lipinski definition) is 0. The Morgan fingerprint density at radius 1 is 1.36 bits per heavy atom. The molecule has 7 heteroatoms. The molecular weight excluding hydrogens is 318 g/mol. The average molecular weight is 342 g/mol. The molecule has 0 aromatic carbocycles. The maximum atomic E-state index is 11.9. The van der Waals surface area contributed by atoms with E-state index in [9.17, 15) is 4.79 Å². The van der Waals surface area contributed by atoms with Crippen molar-refractivity contribution in [2.75, 3.05) is 11.4 Å². The molecule has 0 amide bonds. The fourth-order valence-corrected chi connectivity index (χ4v) is 4.62. The van der Waals surface area contributed by atoms with Gasteiger partial charge < -0.3 is 9.33 Å². The van der Waals surface area contributed by atoms with Gasteiger partial charge in [-0.1, -0.05) is 32.4 Å². The third-order valence-corrected chi connectivity index (χ3v) is 10.0. The van der Waals surface area contributed by atoms with Gasteiger partial charge in [0.05, 0.1) is 12.1 Å². The van der Waals surface area contributed by atoms with Crippen LogP contribution < -0.4 is 10.6 Å². The number of aromatic nitrogens is 2. The van der Waals surface area contributed by atoms with Crippen molar-refractivity contribution in [3.05, 3.63) is 21.7 Å². The molecule has 3 heterocycles. The van der Waals surface area contributed by atoms with Crippen LogP contribution in [0.25, 0.3) is 0 Å². The Kier molecular flexibility index (Phi) is 3.70. The Bertz CT molecular complexity index is 653. The highest BCUT2D eigenvalue weighted by atomic mass is 35.5. The van der Waals surface area contributed by atoms with Gasteiger partial charge in [0.15, 0.2) is 8.32 Å². The fourth-order valence-electron chi connectivity index (χ4n) is 3.09. The predicted molar refractivity (Wildman–Crippen MR) is 91.3 cm³/mol. The number of nitrogens with zero attached hydrogens (tertiary/aromatic N) is 3. The van der Waals surface area contributed by atoms with Gasteiger partial charge in [0.25, 0.3) is 0 Å². The lowest BCUT2D eigenvalue weighted by molar-refractivity contribution is 0.196. The molecule has 22 heavy (non-hydrogen) atoms. The van der Waals surface area contributed by atoms with Crippen LogP contribution in [0.3, 0.4) is 0 Å². The monoisotopic (exact) mass is 341 g/mol. The molecule has 0 radical (unpaired) electrons. The molecule has 0 saturated carbocycles. The summed E-state index contributed by atoms with van der Waals surface area (Å²) in [6.45, 7) is 12.9. The van der Waals surface area contributed by atoms with Gasteiger partial charge in [0.2, 0.25) is 0 Å².